The molecule has 13 atom stereocenters. The second kappa shape index (κ2) is 20.3. The smallest absolute Gasteiger partial charge is 0.373 e. The van der Waals surface area contributed by atoms with Gasteiger partial charge in [-0.1, -0.05) is 93.0 Å². The molecule has 0 bridgehead atoms. The van der Waals surface area contributed by atoms with E-state index in [1.807, 2.05) is 34.6 Å². The number of esters is 3. The predicted molar refractivity (Wildman–Crippen MR) is 221 cm³/mol. The molecule has 0 spiro atoms. The molecule has 17 heteroatoms. The van der Waals surface area contributed by atoms with Crippen molar-refractivity contribution in [3.8, 4) is 0 Å². The van der Waals surface area contributed by atoms with Crippen LogP contribution in [0.3, 0.4) is 0 Å². The van der Waals surface area contributed by atoms with E-state index in [4.69, 9.17) is 47.4 Å². The van der Waals surface area contributed by atoms with Gasteiger partial charge in [-0.15, -0.1) is 0 Å². The number of carbonyl (C=O) groups excluding carboxylic acids is 9. The molecule has 3 saturated carbocycles. The Morgan fingerprint density at radius 1 is 0.661 bits per heavy atom. The molecule has 7 unspecified atom stereocenters. The third-order valence-corrected chi connectivity index (χ3v) is 21.0. The van der Waals surface area contributed by atoms with Gasteiger partial charge in [0.15, 0.2) is 8.32 Å². The lowest BCUT2D eigenvalue weighted by Gasteiger charge is -2.43. The van der Waals surface area contributed by atoms with Crippen LogP contribution in [-0.4, -0.2) is 105 Å². The number of ether oxygens (including phenoxy) is 3. The topological polar surface area (TPSA) is 251 Å². The summed E-state index contributed by atoms with van der Waals surface area (Å²) >= 11 is 0. The molecule has 3 heterocycles. The van der Waals surface area contributed by atoms with Crippen molar-refractivity contribution in [3.63, 3.8) is 0 Å². The van der Waals surface area contributed by atoms with Crippen LogP contribution >= 0.6 is 0 Å². The van der Waals surface area contributed by atoms with Gasteiger partial charge in [0, 0.05) is 34.7 Å². The standard InChI is InChI=1S/C18H32O3Si.C12H20O4.C12H18O3.3CO2/c1-10-13-12(2)17(6)11-20-15(19)18(17,7)14(13)21-22(8,9)16(3,4)5;1-4-7-8(5-13)11(2)6-16-10(15)12(11,3)9(7)14;1-5-8-7(2)11(3)6-15-10(14)12(11,4)9(8)13;3*2-1-3/h13-14H,2,10-11H2,1,3-9H3;7-9,13-14H,4-6H2,1-3H3;8-9,13H,2,5-6H2,1,3-4H3;;;/t13?,14?,17-,18-;7?,8?,9?,11-,12-;8?,9?,11-,12-;;;/m111.../s1. The van der Waals surface area contributed by atoms with Crippen LogP contribution in [0.5, 0.6) is 0 Å². The van der Waals surface area contributed by atoms with Gasteiger partial charge in [0.1, 0.15) is 29.5 Å². The molecule has 6 aliphatic rings. The molecular formula is C45H70O16Si. The monoisotopic (exact) mass is 894 g/mol. The number of carbonyl (C=O) groups is 3. The van der Waals surface area contributed by atoms with E-state index in [-0.39, 0.29) is 83.2 Å². The van der Waals surface area contributed by atoms with Crippen molar-refractivity contribution in [1.29, 1.82) is 0 Å². The molecule has 16 nitrogen and oxygen atoms in total. The minimum atomic E-state index is -1.98. The van der Waals surface area contributed by atoms with Gasteiger partial charge in [-0.2, -0.15) is 28.8 Å². The Balaban J connectivity index is 0.000000430. The average molecular weight is 895 g/mol. The summed E-state index contributed by atoms with van der Waals surface area (Å²) in [5.74, 6) is -0.552. The summed E-state index contributed by atoms with van der Waals surface area (Å²) in [6.07, 6.45) is 1.80. The molecule has 350 valence electrons. The van der Waals surface area contributed by atoms with Crippen molar-refractivity contribution >= 4 is 44.7 Å². The highest BCUT2D eigenvalue weighted by molar-refractivity contribution is 6.74. The number of hydrogen-bond donors (Lipinski definition) is 3. The highest BCUT2D eigenvalue weighted by atomic mass is 28.4. The van der Waals surface area contributed by atoms with Crippen LogP contribution in [0.25, 0.3) is 0 Å². The van der Waals surface area contributed by atoms with Crippen molar-refractivity contribution in [2.45, 2.75) is 139 Å². The molecule has 6 rings (SSSR count). The van der Waals surface area contributed by atoms with Crippen LogP contribution < -0.4 is 0 Å². The lowest BCUT2D eigenvalue weighted by molar-refractivity contribution is -0.193. The Bertz CT molecular complexity index is 1760. The zero-order valence-corrected chi connectivity index (χ0v) is 40.1. The van der Waals surface area contributed by atoms with Crippen LogP contribution in [0.15, 0.2) is 24.3 Å². The number of fused-ring (bicyclic) bond motifs is 3. The summed E-state index contributed by atoms with van der Waals surface area (Å²) in [6, 6.07) is 0. The van der Waals surface area contributed by atoms with E-state index in [0.29, 0.717) is 19.8 Å². The van der Waals surface area contributed by atoms with Gasteiger partial charge in [-0.05, 0) is 63.6 Å². The number of aliphatic hydroxyl groups excluding tert-OH is 3. The minimum Gasteiger partial charge on any atom is -0.465 e. The van der Waals surface area contributed by atoms with Crippen LogP contribution in [-0.2, 0) is 61.8 Å². The van der Waals surface area contributed by atoms with Gasteiger partial charge in [0.25, 0.3) is 0 Å². The second-order valence-electron chi connectivity index (χ2n) is 19.8. The largest absolute Gasteiger partial charge is 0.465 e. The van der Waals surface area contributed by atoms with Crippen LogP contribution in [0, 0.1) is 56.2 Å². The van der Waals surface area contributed by atoms with E-state index < -0.39 is 47.6 Å². The lowest BCUT2D eigenvalue weighted by atomic mass is 9.66. The van der Waals surface area contributed by atoms with Gasteiger partial charge in [0.05, 0.1) is 24.9 Å². The highest BCUT2D eigenvalue weighted by Gasteiger charge is 2.73. The Morgan fingerprint density at radius 2 is 1.03 bits per heavy atom. The van der Waals surface area contributed by atoms with E-state index in [1.165, 1.54) is 0 Å². The Morgan fingerprint density at radius 3 is 1.40 bits per heavy atom. The molecule has 0 amide bonds. The molecule has 6 fully saturated rings. The van der Waals surface area contributed by atoms with Gasteiger partial charge < -0.3 is 34.0 Å². The minimum absolute atomic E-state index is 0.00169. The van der Waals surface area contributed by atoms with Gasteiger partial charge in [-0.25, -0.2) is 0 Å². The molecule has 3 saturated heterocycles. The van der Waals surface area contributed by atoms with Gasteiger partial charge >= 0.3 is 36.4 Å². The highest BCUT2D eigenvalue weighted by Crippen LogP contribution is 2.65. The molecule has 0 aromatic rings. The molecule has 62 heavy (non-hydrogen) atoms. The van der Waals surface area contributed by atoms with E-state index in [2.05, 4.69) is 60.9 Å². The summed E-state index contributed by atoms with van der Waals surface area (Å²) in [5.41, 5.74) is -1.33. The maximum atomic E-state index is 12.6. The molecule has 3 aliphatic heterocycles. The summed E-state index contributed by atoms with van der Waals surface area (Å²) < 4.78 is 22.4. The maximum absolute atomic E-state index is 12.6. The first-order valence-corrected chi connectivity index (χ1v) is 23.8. The van der Waals surface area contributed by atoms with Crippen molar-refractivity contribution in [2.24, 2.45) is 56.2 Å². The molecule has 0 aromatic carbocycles. The normalized spacial score (nSPS) is 39.5. The number of rotatable bonds is 6. The third-order valence-electron chi connectivity index (χ3n) is 16.6. The Labute approximate surface area is 366 Å². The van der Waals surface area contributed by atoms with Crippen molar-refractivity contribution in [1.82, 2.24) is 0 Å². The molecule has 0 aromatic heterocycles. The quantitative estimate of drug-likeness (QED) is 0.139. The van der Waals surface area contributed by atoms with Crippen LogP contribution in [0.4, 0.5) is 0 Å². The fourth-order valence-electron chi connectivity index (χ4n) is 10.5. The average Bonchev–Trinajstić information content (AvgIpc) is 3.83. The first kappa shape index (κ1) is 56.1. The number of cyclic esters (lactones) is 3. The number of hydrogen-bond acceptors (Lipinski definition) is 16. The zero-order chi connectivity index (χ0) is 48.8. The third kappa shape index (κ3) is 8.55. The lowest BCUT2D eigenvalue weighted by Crippen LogP contribution is -2.52. The maximum Gasteiger partial charge on any atom is 0.373 e. The summed E-state index contributed by atoms with van der Waals surface area (Å²) in [6.45, 7) is 38.5. The zero-order valence-electron chi connectivity index (χ0n) is 39.1. The second-order valence-corrected chi connectivity index (χ2v) is 24.6. The fourth-order valence-corrected chi connectivity index (χ4v) is 11.9. The summed E-state index contributed by atoms with van der Waals surface area (Å²) in [5, 5.41) is 30.2. The Kier molecular flexibility index (Phi) is 18.4. The summed E-state index contributed by atoms with van der Waals surface area (Å²) in [7, 11) is -1.98. The van der Waals surface area contributed by atoms with Gasteiger partial charge in [-0.3, -0.25) is 14.4 Å². The van der Waals surface area contributed by atoms with Crippen molar-refractivity contribution in [2.75, 3.05) is 26.4 Å². The van der Waals surface area contributed by atoms with E-state index in [9.17, 15) is 29.7 Å². The van der Waals surface area contributed by atoms with E-state index in [1.54, 1.807) is 13.8 Å². The predicted octanol–water partition coefficient (Wildman–Crippen LogP) is 4.87. The van der Waals surface area contributed by atoms with Crippen molar-refractivity contribution < 1.29 is 77.1 Å². The van der Waals surface area contributed by atoms with Crippen LogP contribution in [0.2, 0.25) is 18.1 Å². The summed E-state index contributed by atoms with van der Waals surface area (Å²) in [4.78, 5) is 85.0. The molecule has 3 aliphatic carbocycles. The van der Waals surface area contributed by atoms with Crippen molar-refractivity contribution in [3.05, 3.63) is 24.3 Å². The molecular weight excluding hydrogens is 825 g/mol. The van der Waals surface area contributed by atoms with E-state index >= 15 is 0 Å². The SMILES string of the molecule is C=C1C(CC)C(O)[C@]2(C)C(=O)OC[C@]12C.C=C1C(CC)C(O[Si](C)(C)C(C)(C)C)[C@]2(C)C(=O)OC[C@]12C.CCC1C(O)[C@]2(C)C(=O)OC[C@]2(C)C1CO.O=C=O.O=C=O.O=C=O. The van der Waals surface area contributed by atoms with Gasteiger partial charge in [0.2, 0.25) is 0 Å². The van der Waals surface area contributed by atoms with Crippen LogP contribution in [0.1, 0.15) is 102 Å². The first-order valence-electron chi connectivity index (χ1n) is 20.9. The van der Waals surface area contributed by atoms with E-state index in [0.717, 1.165) is 30.4 Å². The first-order chi connectivity index (χ1) is 28.4. The molecule has 0 radical (unpaired) electrons. The Hall–Kier alpha value is -3.91. The number of aliphatic hydroxyl groups is 3. The molecule has 3 N–H and O–H groups in total. The fraction of sp³-hybridized carbons (Fsp3) is 0.778.